The Hall–Kier alpha value is -2.57. The van der Waals surface area contributed by atoms with Crippen LogP contribution in [0.2, 0.25) is 0 Å². The summed E-state index contributed by atoms with van der Waals surface area (Å²) >= 11 is 1.63. The summed E-state index contributed by atoms with van der Waals surface area (Å²) in [4.78, 5) is 26.0. The van der Waals surface area contributed by atoms with Gasteiger partial charge >= 0.3 is 0 Å². The molecule has 0 saturated carbocycles. The summed E-state index contributed by atoms with van der Waals surface area (Å²) in [6, 6.07) is 16.4. The monoisotopic (exact) mass is 370 g/mol. The highest BCUT2D eigenvalue weighted by molar-refractivity contribution is 7.98. The summed E-state index contributed by atoms with van der Waals surface area (Å²) in [7, 11) is 0. The third kappa shape index (κ3) is 6.06. The van der Waals surface area contributed by atoms with Crippen molar-refractivity contribution in [3.63, 3.8) is 0 Å². The molecule has 5 nitrogen and oxygen atoms in total. The van der Waals surface area contributed by atoms with E-state index in [4.69, 9.17) is 5.11 Å². The normalized spacial score (nSPS) is 11.1. The van der Waals surface area contributed by atoms with E-state index in [1.807, 2.05) is 36.6 Å². The number of amides is 2. The van der Waals surface area contributed by atoms with E-state index in [1.54, 1.807) is 42.1 Å². The van der Waals surface area contributed by atoms with Gasteiger partial charge in [0.15, 0.2) is 0 Å². The van der Waals surface area contributed by atoms with Crippen molar-refractivity contribution in [1.29, 1.82) is 0 Å². The van der Waals surface area contributed by atoms with Crippen LogP contribution in [0, 0.1) is 0 Å². The van der Waals surface area contributed by atoms with E-state index < -0.39 is 5.91 Å². The Morgan fingerprint density at radius 2 is 1.77 bits per heavy atom. The third-order valence-corrected chi connectivity index (χ3v) is 4.32. The maximum atomic E-state index is 12.4. The Morgan fingerprint density at radius 1 is 1.08 bits per heavy atom. The molecule has 3 N–H and O–H groups in total. The van der Waals surface area contributed by atoms with Gasteiger partial charge in [0.2, 0.25) is 0 Å². The van der Waals surface area contributed by atoms with Crippen molar-refractivity contribution in [3.8, 4) is 0 Å². The van der Waals surface area contributed by atoms with Crippen LogP contribution in [0.3, 0.4) is 0 Å². The van der Waals surface area contributed by atoms with Crippen molar-refractivity contribution in [1.82, 2.24) is 10.6 Å². The zero-order valence-corrected chi connectivity index (χ0v) is 15.4. The Labute approximate surface area is 157 Å². The van der Waals surface area contributed by atoms with E-state index in [1.165, 1.54) is 0 Å². The second kappa shape index (κ2) is 10.4. The first-order valence-corrected chi connectivity index (χ1v) is 9.47. The lowest BCUT2D eigenvalue weighted by Crippen LogP contribution is -2.35. The second-order valence-corrected chi connectivity index (χ2v) is 6.36. The lowest BCUT2D eigenvalue weighted by atomic mass is 10.1. The highest BCUT2D eigenvalue weighted by Crippen LogP contribution is 2.16. The first kappa shape index (κ1) is 19.8. The summed E-state index contributed by atoms with van der Waals surface area (Å²) in [6.07, 6.45) is 4.08. The Kier molecular flexibility index (Phi) is 7.92. The molecule has 136 valence electrons. The summed E-state index contributed by atoms with van der Waals surface area (Å²) in [5.41, 5.74) is 1.44. The van der Waals surface area contributed by atoms with Crippen molar-refractivity contribution in [2.45, 2.75) is 11.3 Å². The van der Waals surface area contributed by atoms with E-state index in [9.17, 15) is 9.59 Å². The first-order chi connectivity index (χ1) is 12.6. The van der Waals surface area contributed by atoms with E-state index in [0.29, 0.717) is 18.5 Å². The topological polar surface area (TPSA) is 78.4 Å². The molecule has 0 saturated heterocycles. The van der Waals surface area contributed by atoms with Gasteiger partial charge < -0.3 is 15.7 Å². The zero-order chi connectivity index (χ0) is 18.8. The molecule has 0 aliphatic heterocycles. The number of carbonyl (C=O) groups excluding carboxylic acids is 2. The Balaban J connectivity index is 2.21. The molecule has 0 spiro atoms. The van der Waals surface area contributed by atoms with Crippen molar-refractivity contribution in [2.75, 3.05) is 19.4 Å². The smallest absolute Gasteiger partial charge is 0.267 e. The zero-order valence-electron chi connectivity index (χ0n) is 14.6. The van der Waals surface area contributed by atoms with Crippen LogP contribution in [0.5, 0.6) is 0 Å². The number of carbonyl (C=O) groups is 2. The molecule has 6 heteroatoms. The molecule has 2 aromatic rings. The van der Waals surface area contributed by atoms with Gasteiger partial charge in [0, 0.05) is 23.6 Å². The fourth-order valence-electron chi connectivity index (χ4n) is 2.19. The van der Waals surface area contributed by atoms with Crippen LogP contribution in [0.4, 0.5) is 0 Å². The van der Waals surface area contributed by atoms with Crippen molar-refractivity contribution >= 4 is 29.7 Å². The van der Waals surface area contributed by atoms with Gasteiger partial charge in [0.25, 0.3) is 11.8 Å². The minimum Gasteiger partial charge on any atom is -0.396 e. The number of hydrogen-bond donors (Lipinski definition) is 3. The quantitative estimate of drug-likeness (QED) is 0.379. The highest BCUT2D eigenvalue weighted by atomic mass is 32.2. The Morgan fingerprint density at radius 3 is 2.38 bits per heavy atom. The summed E-state index contributed by atoms with van der Waals surface area (Å²) in [6.45, 7) is 0.325. The van der Waals surface area contributed by atoms with E-state index in [-0.39, 0.29) is 18.2 Å². The largest absolute Gasteiger partial charge is 0.396 e. The lowest BCUT2D eigenvalue weighted by Gasteiger charge is -2.11. The van der Waals surface area contributed by atoms with Gasteiger partial charge in [-0.15, -0.1) is 11.8 Å². The summed E-state index contributed by atoms with van der Waals surface area (Å²) < 4.78 is 0. The molecule has 26 heavy (non-hydrogen) atoms. The van der Waals surface area contributed by atoms with E-state index >= 15 is 0 Å². The molecule has 2 amide bonds. The van der Waals surface area contributed by atoms with Gasteiger partial charge in [0.05, 0.1) is 0 Å². The molecular weight excluding hydrogens is 348 g/mol. The molecule has 0 aliphatic rings. The molecule has 0 aromatic heterocycles. The van der Waals surface area contributed by atoms with Crippen molar-refractivity contribution in [2.24, 2.45) is 0 Å². The number of aliphatic hydroxyl groups is 1. The summed E-state index contributed by atoms with van der Waals surface area (Å²) in [5, 5.41) is 14.2. The van der Waals surface area contributed by atoms with Gasteiger partial charge in [-0.1, -0.05) is 30.3 Å². The maximum Gasteiger partial charge on any atom is 0.267 e. The number of thioether (sulfide) groups is 1. The fraction of sp³-hybridized carbons (Fsp3) is 0.200. The molecule has 2 aromatic carbocycles. The van der Waals surface area contributed by atoms with E-state index in [0.717, 1.165) is 10.5 Å². The number of nitrogens with one attached hydrogen (secondary N) is 2. The average Bonchev–Trinajstić information content (AvgIpc) is 2.68. The molecule has 0 radical (unpaired) electrons. The van der Waals surface area contributed by atoms with Gasteiger partial charge in [-0.2, -0.15) is 0 Å². The molecule has 0 unspecified atom stereocenters. The van der Waals surface area contributed by atoms with Crippen LogP contribution in [-0.4, -0.2) is 36.3 Å². The van der Waals surface area contributed by atoms with Crippen molar-refractivity contribution in [3.05, 3.63) is 71.4 Å². The predicted octanol–water partition coefficient (Wildman–Crippen LogP) is 2.68. The highest BCUT2D eigenvalue weighted by Gasteiger charge is 2.14. The molecule has 0 fully saturated rings. The minimum atomic E-state index is -0.392. The molecule has 0 atom stereocenters. The average molecular weight is 370 g/mol. The SMILES string of the molecule is CSc1ccc(/C=C(\NC(=O)c2ccccc2)C(=O)NCCCO)cc1. The standard InChI is InChI=1S/C20H22N2O3S/c1-26-17-10-8-15(9-11-17)14-18(20(25)21-12-5-13-23)22-19(24)16-6-3-2-4-7-16/h2-4,6-11,14,23H,5,12-13H2,1H3,(H,21,25)(H,22,24)/b18-14-. The number of aliphatic hydroxyl groups excluding tert-OH is 1. The number of benzene rings is 2. The second-order valence-electron chi connectivity index (χ2n) is 5.48. The minimum absolute atomic E-state index is 0.00809. The van der Waals surface area contributed by atoms with Crippen LogP contribution in [0.25, 0.3) is 6.08 Å². The Bertz CT molecular complexity index is 758. The molecule has 0 heterocycles. The van der Waals surface area contributed by atoms with Crippen LogP contribution in [0.15, 0.2) is 65.2 Å². The molecule has 0 aliphatic carbocycles. The summed E-state index contributed by atoms with van der Waals surface area (Å²) in [5.74, 6) is -0.744. The number of hydrogen-bond acceptors (Lipinski definition) is 4. The van der Waals surface area contributed by atoms with Crippen LogP contribution in [0.1, 0.15) is 22.3 Å². The van der Waals surface area contributed by atoms with Gasteiger partial charge in [0.1, 0.15) is 5.70 Å². The lowest BCUT2D eigenvalue weighted by molar-refractivity contribution is -0.117. The van der Waals surface area contributed by atoms with Crippen molar-refractivity contribution < 1.29 is 14.7 Å². The van der Waals surface area contributed by atoms with Crippen LogP contribution < -0.4 is 10.6 Å². The number of rotatable bonds is 8. The third-order valence-electron chi connectivity index (χ3n) is 3.58. The predicted molar refractivity (Wildman–Crippen MR) is 105 cm³/mol. The molecule has 0 bridgehead atoms. The van der Waals surface area contributed by atoms with E-state index in [2.05, 4.69) is 10.6 Å². The van der Waals surface area contributed by atoms with Gasteiger partial charge in [-0.3, -0.25) is 9.59 Å². The van der Waals surface area contributed by atoms with Gasteiger partial charge in [-0.25, -0.2) is 0 Å². The molecular formula is C20H22N2O3S. The first-order valence-electron chi connectivity index (χ1n) is 8.25. The van der Waals surface area contributed by atoms with Crippen LogP contribution in [-0.2, 0) is 4.79 Å². The molecule has 2 rings (SSSR count). The fourth-order valence-corrected chi connectivity index (χ4v) is 2.59. The van der Waals surface area contributed by atoms with Gasteiger partial charge in [-0.05, 0) is 48.6 Å². The van der Waals surface area contributed by atoms with Crippen LogP contribution >= 0.6 is 11.8 Å². The maximum absolute atomic E-state index is 12.4.